The highest BCUT2D eigenvalue weighted by Gasteiger charge is 2.06. The molecule has 3 nitrogen and oxygen atoms in total. The molecule has 2 aromatic carbocycles. The average molecular weight is 298 g/mol. The first-order valence-corrected chi connectivity index (χ1v) is 7.54. The van der Waals surface area contributed by atoms with E-state index in [0.717, 1.165) is 35.5 Å². The molecule has 0 spiro atoms. The molecule has 1 heterocycles. The highest BCUT2D eigenvalue weighted by Crippen LogP contribution is 2.22. The monoisotopic (exact) mass is 298 g/mol. The van der Waals surface area contributed by atoms with Crippen LogP contribution in [-0.2, 0) is 0 Å². The van der Waals surface area contributed by atoms with Crippen molar-refractivity contribution in [2.24, 2.45) is 0 Å². The molecule has 108 valence electrons. The summed E-state index contributed by atoms with van der Waals surface area (Å²) in [5, 5.41) is 0. The van der Waals surface area contributed by atoms with Crippen molar-refractivity contribution in [1.82, 2.24) is 9.55 Å². The van der Waals surface area contributed by atoms with E-state index in [4.69, 9.17) is 17.0 Å². The molecule has 21 heavy (non-hydrogen) atoms. The first kappa shape index (κ1) is 13.9. The molecule has 1 aromatic heterocycles. The van der Waals surface area contributed by atoms with Gasteiger partial charge in [-0.2, -0.15) is 0 Å². The maximum absolute atomic E-state index is 5.62. The van der Waals surface area contributed by atoms with Gasteiger partial charge < -0.3 is 9.72 Å². The first-order chi connectivity index (χ1) is 10.2. The van der Waals surface area contributed by atoms with E-state index in [1.54, 1.807) is 0 Å². The van der Waals surface area contributed by atoms with Crippen molar-refractivity contribution in [2.75, 3.05) is 6.61 Å². The molecule has 0 unspecified atom stereocenters. The van der Waals surface area contributed by atoms with Gasteiger partial charge in [0.2, 0.25) is 0 Å². The van der Waals surface area contributed by atoms with Crippen LogP contribution in [0.2, 0.25) is 0 Å². The Balaban J connectivity index is 2.04. The van der Waals surface area contributed by atoms with E-state index in [1.165, 1.54) is 5.56 Å². The number of fused-ring (bicyclic) bond motifs is 1. The number of aryl methyl sites for hydroxylation is 1. The summed E-state index contributed by atoms with van der Waals surface area (Å²) in [7, 11) is 0. The van der Waals surface area contributed by atoms with Crippen molar-refractivity contribution in [3.8, 4) is 11.4 Å². The largest absolute Gasteiger partial charge is 0.494 e. The Kier molecular flexibility index (Phi) is 3.80. The molecule has 0 aliphatic rings. The van der Waals surface area contributed by atoms with Crippen LogP contribution in [0.3, 0.4) is 0 Å². The number of imidazole rings is 1. The molecule has 0 saturated heterocycles. The summed E-state index contributed by atoms with van der Waals surface area (Å²) >= 11 is 5.46. The lowest BCUT2D eigenvalue weighted by atomic mass is 10.2. The van der Waals surface area contributed by atoms with E-state index in [0.29, 0.717) is 4.77 Å². The lowest BCUT2D eigenvalue weighted by molar-refractivity contribution is 0.317. The van der Waals surface area contributed by atoms with Gasteiger partial charge in [0.25, 0.3) is 0 Å². The van der Waals surface area contributed by atoms with Gasteiger partial charge in [0.05, 0.1) is 17.6 Å². The van der Waals surface area contributed by atoms with Gasteiger partial charge in [-0.25, -0.2) is 0 Å². The van der Waals surface area contributed by atoms with Crippen LogP contribution >= 0.6 is 12.2 Å². The van der Waals surface area contributed by atoms with Crippen molar-refractivity contribution < 1.29 is 4.74 Å². The fourth-order valence-electron chi connectivity index (χ4n) is 2.39. The van der Waals surface area contributed by atoms with Gasteiger partial charge in [-0.1, -0.05) is 13.0 Å². The number of hydrogen-bond acceptors (Lipinski definition) is 2. The molecule has 1 N–H and O–H groups in total. The van der Waals surface area contributed by atoms with E-state index >= 15 is 0 Å². The summed E-state index contributed by atoms with van der Waals surface area (Å²) < 4.78 is 8.37. The number of H-pyrrole nitrogens is 1. The van der Waals surface area contributed by atoms with Gasteiger partial charge in [0.1, 0.15) is 5.75 Å². The highest BCUT2D eigenvalue weighted by molar-refractivity contribution is 7.71. The zero-order chi connectivity index (χ0) is 14.8. The summed E-state index contributed by atoms with van der Waals surface area (Å²) in [4.78, 5) is 3.26. The van der Waals surface area contributed by atoms with Gasteiger partial charge >= 0.3 is 0 Å². The predicted octanol–water partition coefficient (Wildman–Crippen LogP) is 4.79. The van der Waals surface area contributed by atoms with Gasteiger partial charge in [0.15, 0.2) is 4.77 Å². The van der Waals surface area contributed by atoms with Crippen LogP contribution in [0.25, 0.3) is 16.7 Å². The van der Waals surface area contributed by atoms with Crippen molar-refractivity contribution in [2.45, 2.75) is 20.3 Å². The van der Waals surface area contributed by atoms with Crippen LogP contribution < -0.4 is 4.74 Å². The summed E-state index contributed by atoms with van der Waals surface area (Å²) in [5.41, 5.74) is 4.41. The first-order valence-electron chi connectivity index (χ1n) is 7.13. The van der Waals surface area contributed by atoms with Crippen LogP contribution in [0.5, 0.6) is 5.75 Å². The third-order valence-electron chi connectivity index (χ3n) is 3.41. The minimum atomic E-state index is 0.706. The number of ether oxygens (including phenoxy) is 1. The quantitative estimate of drug-likeness (QED) is 0.702. The van der Waals surface area contributed by atoms with Gasteiger partial charge in [0, 0.05) is 5.69 Å². The minimum Gasteiger partial charge on any atom is -0.494 e. The molecule has 0 amide bonds. The molecule has 0 aliphatic carbocycles. The minimum absolute atomic E-state index is 0.706. The Hall–Kier alpha value is -2.07. The van der Waals surface area contributed by atoms with E-state index in [1.807, 2.05) is 28.8 Å². The molecule has 0 atom stereocenters. The Morgan fingerprint density at radius 2 is 1.90 bits per heavy atom. The van der Waals surface area contributed by atoms with Gasteiger partial charge in [-0.15, -0.1) is 0 Å². The van der Waals surface area contributed by atoms with Crippen molar-refractivity contribution in [3.63, 3.8) is 0 Å². The number of nitrogens with one attached hydrogen (secondary N) is 1. The maximum Gasteiger partial charge on any atom is 0.182 e. The molecule has 4 heteroatoms. The third kappa shape index (κ3) is 2.72. The second kappa shape index (κ2) is 5.74. The van der Waals surface area contributed by atoms with Gasteiger partial charge in [-0.3, -0.25) is 4.57 Å². The Morgan fingerprint density at radius 3 is 2.62 bits per heavy atom. The number of nitrogens with zero attached hydrogens (tertiary/aromatic N) is 1. The molecule has 3 aromatic rings. The normalized spacial score (nSPS) is 11.0. The number of aromatic nitrogens is 2. The highest BCUT2D eigenvalue weighted by atomic mass is 32.1. The number of benzene rings is 2. The SMILES string of the molecule is CCCOc1ccc(-n2c(=S)[nH]c3cc(C)ccc32)cc1. The Bertz CT molecular complexity index is 815. The van der Waals surface area contributed by atoms with Crippen LogP contribution in [-0.4, -0.2) is 16.2 Å². The second-order valence-electron chi connectivity index (χ2n) is 5.13. The lowest BCUT2D eigenvalue weighted by Gasteiger charge is -2.08. The van der Waals surface area contributed by atoms with Crippen molar-refractivity contribution in [1.29, 1.82) is 0 Å². The average Bonchev–Trinajstić information content (AvgIpc) is 2.80. The Morgan fingerprint density at radius 1 is 1.14 bits per heavy atom. The molecule has 0 radical (unpaired) electrons. The van der Waals surface area contributed by atoms with E-state index < -0.39 is 0 Å². The molecular formula is C17H18N2OS. The molecule has 0 aliphatic heterocycles. The predicted molar refractivity (Wildman–Crippen MR) is 89.0 cm³/mol. The zero-order valence-corrected chi connectivity index (χ0v) is 13.0. The summed E-state index contributed by atoms with van der Waals surface area (Å²) in [5.74, 6) is 0.891. The lowest BCUT2D eigenvalue weighted by Crippen LogP contribution is -1.97. The van der Waals surface area contributed by atoms with E-state index in [-0.39, 0.29) is 0 Å². The zero-order valence-electron chi connectivity index (χ0n) is 12.2. The molecular weight excluding hydrogens is 280 g/mol. The topological polar surface area (TPSA) is 29.9 Å². The third-order valence-corrected chi connectivity index (χ3v) is 3.69. The fraction of sp³-hybridized carbons (Fsp3) is 0.235. The molecule has 0 saturated carbocycles. The van der Waals surface area contributed by atoms with Crippen LogP contribution in [0, 0.1) is 11.7 Å². The van der Waals surface area contributed by atoms with Crippen LogP contribution in [0.1, 0.15) is 18.9 Å². The van der Waals surface area contributed by atoms with E-state index in [9.17, 15) is 0 Å². The van der Waals surface area contributed by atoms with Crippen LogP contribution in [0.15, 0.2) is 42.5 Å². The molecule has 0 bridgehead atoms. The summed E-state index contributed by atoms with van der Waals surface area (Å²) in [6.07, 6.45) is 1.01. The summed E-state index contributed by atoms with van der Waals surface area (Å²) in [6.45, 7) is 4.92. The number of rotatable bonds is 4. The Labute approximate surface area is 129 Å². The fourth-order valence-corrected chi connectivity index (χ4v) is 2.71. The van der Waals surface area contributed by atoms with Crippen LogP contribution in [0.4, 0.5) is 0 Å². The number of hydrogen-bond donors (Lipinski definition) is 1. The smallest absolute Gasteiger partial charge is 0.182 e. The second-order valence-corrected chi connectivity index (χ2v) is 5.52. The maximum atomic E-state index is 5.62. The summed E-state index contributed by atoms with van der Waals surface area (Å²) in [6, 6.07) is 14.3. The van der Waals surface area contributed by atoms with Gasteiger partial charge in [-0.05, 0) is 67.5 Å². The standard InChI is InChI=1S/C17H18N2OS/c1-3-10-20-14-7-5-13(6-8-14)19-16-9-4-12(2)11-15(16)18-17(19)21/h4-9,11H,3,10H2,1-2H3,(H,18,21). The molecule has 0 fully saturated rings. The molecule has 3 rings (SSSR count). The van der Waals surface area contributed by atoms with E-state index in [2.05, 4.69) is 37.0 Å². The number of aromatic amines is 1. The van der Waals surface area contributed by atoms with Crippen molar-refractivity contribution in [3.05, 3.63) is 52.8 Å². The van der Waals surface area contributed by atoms with Crippen molar-refractivity contribution >= 4 is 23.3 Å².